The SMILES string of the molecule is C=N/C=C(/C=O)C=NCCN(C)c1nc(-c2ccc3c(c2)OCO3)nc(N2CCOCC2)c1N=C.CNC.CNO. The molecule has 0 unspecified atom stereocenters. The number of allylic oxidation sites excluding steroid dienone is 1. The van der Waals surface area contributed by atoms with Gasteiger partial charge in [-0.3, -0.25) is 19.8 Å². The molecule has 2 aromatic rings. The Morgan fingerprint density at radius 3 is 2.49 bits per heavy atom. The Balaban J connectivity index is 0.000000901. The van der Waals surface area contributed by atoms with Crippen LogP contribution in [0, 0.1) is 0 Å². The van der Waals surface area contributed by atoms with Crippen LogP contribution in [0.15, 0.2) is 44.9 Å². The van der Waals surface area contributed by atoms with Gasteiger partial charge in [-0.25, -0.2) is 15.4 Å². The van der Waals surface area contributed by atoms with Gasteiger partial charge in [0.2, 0.25) is 6.79 Å². The Kier molecular flexibility index (Phi) is 14.6. The smallest absolute Gasteiger partial charge is 0.231 e. The van der Waals surface area contributed by atoms with E-state index >= 15 is 0 Å². The summed E-state index contributed by atoms with van der Waals surface area (Å²) in [6, 6.07) is 5.63. The predicted octanol–water partition coefficient (Wildman–Crippen LogP) is 1.76. The summed E-state index contributed by atoms with van der Waals surface area (Å²) >= 11 is 0. The maximum Gasteiger partial charge on any atom is 0.231 e. The molecule has 4 rings (SSSR count). The number of aliphatic imine (C=N–C) groups is 3. The minimum atomic E-state index is 0.191. The van der Waals surface area contributed by atoms with Crippen molar-refractivity contribution in [1.82, 2.24) is 20.8 Å². The zero-order valence-electron chi connectivity index (χ0n) is 24.0. The van der Waals surface area contributed by atoms with Crippen LogP contribution in [0.1, 0.15) is 0 Å². The molecule has 0 bridgehead atoms. The number of aromatic nitrogens is 2. The number of rotatable bonds is 10. The molecule has 0 radical (unpaired) electrons. The molecule has 1 aromatic carbocycles. The van der Waals surface area contributed by atoms with Gasteiger partial charge in [0, 0.05) is 51.7 Å². The Labute approximate surface area is 240 Å². The standard InChI is InChI=1S/C24H27N7O4.C2H7N.CH5NO/c1-25-13-17(15-32)14-27-6-7-30(3)23-21(26-2)24(31-8-10-33-11-9-31)29-22(28-23)18-4-5-19-20(12-18)35-16-34-19;1-3-2;1-2-3/h4-5,12-15H,1-2,6-11,16H2,3H3;3H,1-2H3;2-3H,1H3/b17-13+,27-14?;;. The number of anilines is 2. The van der Waals surface area contributed by atoms with Crippen molar-refractivity contribution in [3.05, 3.63) is 30.0 Å². The second-order valence-corrected chi connectivity index (χ2v) is 8.48. The molecule has 1 aromatic heterocycles. The summed E-state index contributed by atoms with van der Waals surface area (Å²) in [4.78, 5) is 37.0. The zero-order chi connectivity index (χ0) is 30.0. The number of aldehydes is 1. The number of ether oxygens (including phenoxy) is 3. The first-order chi connectivity index (χ1) is 20.0. The molecule has 1 fully saturated rings. The molecule has 3 heterocycles. The normalized spacial score (nSPS) is 14.0. The Bertz CT molecular complexity index is 1200. The molecule has 14 heteroatoms. The first-order valence-corrected chi connectivity index (χ1v) is 12.8. The minimum absolute atomic E-state index is 0.191. The molecular weight excluding hydrogens is 530 g/mol. The molecule has 222 valence electrons. The van der Waals surface area contributed by atoms with Crippen LogP contribution in [0.4, 0.5) is 17.3 Å². The number of carbonyl (C=O) groups excluding carboxylic acids is 1. The van der Waals surface area contributed by atoms with Gasteiger partial charge in [-0.15, -0.1) is 0 Å². The van der Waals surface area contributed by atoms with E-state index in [-0.39, 0.29) is 6.79 Å². The van der Waals surface area contributed by atoms with Crippen LogP contribution in [0.2, 0.25) is 0 Å². The maximum absolute atomic E-state index is 11.0. The van der Waals surface area contributed by atoms with E-state index < -0.39 is 0 Å². The van der Waals surface area contributed by atoms with Crippen molar-refractivity contribution in [2.75, 3.05) is 84.2 Å². The van der Waals surface area contributed by atoms with Crippen LogP contribution in [-0.4, -0.2) is 115 Å². The van der Waals surface area contributed by atoms with Gasteiger partial charge in [-0.05, 0) is 45.7 Å². The lowest BCUT2D eigenvalue weighted by atomic mass is 10.2. The van der Waals surface area contributed by atoms with E-state index in [0.717, 1.165) is 5.56 Å². The summed E-state index contributed by atoms with van der Waals surface area (Å²) in [6.07, 6.45) is 3.51. The highest BCUT2D eigenvalue weighted by Gasteiger charge is 2.24. The van der Waals surface area contributed by atoms with Gasteiger partial charge in [0.15, 0.2) is 35.2 Å². The number of hydroxylamine groups is 1. The highest BCUT2D eigenvalue weighted by atomic mass is 16.7. The van der Waals surface area contributed by atoms with Gasteiger partial charge < -0.3 is 34.5 Å². The summed E-state index contributed by atoms with van der Waals surface area (Å²) in [5.74, 6) is 3.20. The van der Waals surface area contributed by atoms with E-state index in [9.17, 15) is 4.79 Å². The van der Waals surface area contributed by atoms with E-state index in [1.165, 1.54) is 19.5 Å². The van der Waals surface area contributed by atoms with Crippen LogP contribution in [0.25, 0.3) is 11.4 Å². The Morgan fingerprint density at radius 2 is 1.85 bits per heavy atom. The molecule has 1 saturated heterocycles. The molecular formula is C27H39N9O5. The summed E-state index contributed by atoms with van der Waals surface area (Å²) < 4.78 is 16.5. The molecule has 0 amide bonds. The van der Waals surface area contributed by atoms with Gasteiger partial charge in [0.05, 0.1) is 25.3 Å². The van der Waals surface area contributed by atoms with E-state index in [4.69, 9.17) is 29.4 Å². The number of nitrogens with zero attached hydrogens (tertiary/aromatic N) is 7. The second-order valence-electron chi connectivity index (χ2n) is 8.48. The number of benzene rings is 1. The Morgan fingerprint density at radius 1 is 1.17 bits per heavy atom. The molecule has 2 aliphatic heterocycles. The predicted molar refractivity (Wildman–Crippen MR) is 162 cm³/mol. The molecule has 0 saturated carbocycles. The highest BCUT2D eigenvalue weighted by molar-refractivity contribution is 6.01. The third-order valence-electron chi connectivity index (χ3n) is 5.49. The van der Waals surface area contributed by atoms with E-state index in [1.54, 1.807) is 5.48 Å². The summed E-state index contributed by atoms with van der Waals surface area (Å²) in [5, 5.41) is 10.1. The molecule has 3 N–H and O–H groups in total. The van der Waals surface area contributed by atoms with Crippen LogP contribution in [-0.2, 0) is 9.53 Å². The van der Waals surface area contributed by atoms with Gasteiger partial charge in [0.25, 0.3) is 0 Å². The topological polar surface area (TPSA) is 158 Å². The average Bonchev–Trinajstić information content (AvgIpc) is 3.47. The van der Waals surface area contributed by atoms with Crippen molar-refractivity contribution < 1.29 is 24.2 Å². The highest BCUT2D eigenvalue weighted by Crippen LogP contribution is 2.40. The number of nitrogens with one attached hydrogen (secondary N) is 2. The van der Waals surface area contributed by atoms with Crippen molar-refractivity contribution in [1.29, 1.82) is 0 Å². The third-order valence-corrected chi connectivity index (χ3v) is 5.49. The summed E-state index contributed by atoms with van der Waals surface area (Å²) in [5.41, 5.74) is 3.48. The van der Waals surface area contributed by atoms with Crippen molar-refractivity contribution >= 4 is 43.3 Å². The first kappa shape index (κ1) is 33.0. The maximum atomic E-state index is 11.0. The summed E-state index contributed by atoms with van der Waals surface area (Å²) in [7, 11) is 7.08. The number of fused-ring (bicyclic) bond motifs is 1. The lowest BCUT2D eigenvalue weighted by Gasteiger charge is -2.30. The third kappa shape index (κ3) is 9.72. The number of morpholine rings is 1. The average molecular weight is 570 g/mol. The molecule has 0 aliphatic carbocycles. The van der Waals surface area contributed by atoms with Crippen LogP contribution < -0.4 is 30.1 Å². The number of hydrogen-bond acceptors (Lipinski definition) is 14. The number of hydrogen-bond donors (Lipinski definition) is 3. The lowest BCUT2D eigenvalue weighted by molar-refractivity contribution is -0.104. The Hall–Kier alpha value is -4.24. The van der Waals surface area contributed by atoms with Crippen LogP contribution >= 0.6 is 0 Å². The van der Waals surface area contributed by atoms with Crippen molar-refractivity contribution in [3.63, 3.8) is 0 Å². The number of likely N-dealkylation sites (N-methyl/N-ethyl adjacent to an activating group) is 1. The van der Waals surface area contributed by atoms with E-state index in [1.807, 2.05) is 44.2 Å². The van der Waals surface area contributed by atoms with Gasteiger partial charge >= 0.3 is 0 Å². The molecule has 0 atom stereocenters. The van der Waals surface area contributed by atoms with Crippen molar-refractivity contribution in [2.45, 2.75) is 0 Å². The van der Waals surface area contributed by atoms with E-state index in [2.05, 4.69) is 38.6 Å². The van der Waals surface area contributed by atoms with Crippen molar-refractivity contribution in [3.8, 4) is 22.9 Å². The van der Waals surface area contributed by atoms with Gasteiger partial charge in [-0.1, -0.05) is 0 Å². The lowest BCUT2D eigenvalue weighted by Crippen LogP contribution is -2.37. The second kappa shape index (κ2) is 18.2. The van der Waals surface area contributed by atoms with Crippen LogP contribution in [0.5, 0.6) is 11.5 Å². The summed E-state index contributed by atoms with van der Waals surface area (Å²) in [6.45, 7) is 10.8. The van der Waals surface area contributed by atoms with Gasteiger partial charge in [-0.2, -0.15) is 0 Å². The number of carbonyl (C=O) groups is 1. The van der Waals surface area contributed by atoms with Crippen LogP contribution in [0.3, 0.4) is 0 Å². The fourth-order valence-electron chi connectivity index (χ4n) is 3.68. The van der Waals surface area contributed by atoms with Crippen molar-refractivity contribution in [2.24, 2.45) is 15.0 Å². The quantitative estimate of drug-likeness (QED) is 0.166. The molecule has 41 heavy (non-hydrogen) atoms. The van der Waals surface area contributed by atoms with Gasteiger partial charge in [0.1, 0.15) is 5.69 Å². The fraction of sp³-hybridized carbons (Fsp3) is 0.407. The largest absolute Gasteiger partial charge is 0.454 e. The first-order valence-electron chi connectivity index (χ1n) is 12.8. The molecule has 0 spiro atoms. The molecule has 14 nitrogen and oxygen atoms in total. The monoisotopic (exact) mass is 569 g/mol. The minimum Gasteiger partial charge on any atom is -0.454 e. The molecule has 2 aliphatic rings. The fourth-order valence-corrected chi connectivity index (χ4v) is 3.68. The van der Waals surface area contributed by atoms with E-state index in [0.29, 0.717) is 85.9 Å². The zero-order valence-corrected chi connectivity index (χ0v) is 24.0.